The van der Waals surface area contributed by atoms with Crippen LogP contribution >= 0.6 is 31.9 Å². The Morgan fingerprint density at radius 2 is 1.77 bits per heavy atom. The normalized spacial score (nSPS) is 10.8. The van der Waals surface area contributed by atoms with Crippen molar-refractivity contribution in [3.63, 3.8) is 0 Å². The summed E-state index contributed by atoms with van der Waals surface area (Å²) in [6.45, 7) is 0.442. The van der Waals surface area contributed by atoms with Gasteiger partial charge in [0.15, 0.2) is 0 Å². The first kappa shape index (κ1) is 22.6. The van der Waals surface area contributed by atoms with Crippen molar-refractivity contribution in [2.24, 2.45) is 0 Å². The van der Waals surface area contributed by atoms with Gasteiger partial charge in [0.2, 0.25) is 0 Å². The summed E-state index contributed by atoms with van der Waals surface area (Å²) in [5, 5.41) is 12.1. The first-order valence-electron chi connectivity index (χ1n) is 9.22. The van der Waals surface area contributed by atoms with Crippen molar-refractivity contribution in [3.8, 4) is 17.6 Å². The van der Waals surface area contributed by atoms with E-state index in [0.29, 0.717) is 29.4 Å². The van der Waals surface area contributed by atoms with Crippen molar-refractivity contribution in [2.75, 3.05) is 12.4 Å². The summed E-state index contributed by atoms with van der Waals surface area (Å²) in [6, 6.07) is 22.1. The predicted molar refractivity (Wildman–Crippen MR) is 128 cm³/mol. The highest BCUT2D eigenvalue weighted by molar-refractivity contribution is 9.10. The van der Waals surface area contributed by atoms with Crippen LogP contribution in [-0.2, 0) is 11.4 Å². The van der Waals surface area contributed by atoms with E-state index in [0.717, 1.165) is 14.5 Å². The third kappa shape index (κ3) is 6.45. The molecule has 0 atom stereocenters. The van der Waals surface area contributed by atoms with E-state index in [1.165, 1.54) is 6.08 Å². The average molecular weight is 542 g/mol. The highest BCUT2D eigenvalue weighted by atomic mass is 79.9. The fourth-order valence-corrected chi connectivity index (χ4v) is 3.49. The molecule has 3 aromatic carbocycles. The van der Waals surface area contributed by atoms with E-state index in [4.69, 9.17) is 9.47 Å². The monoisotopic (exact) mass is 540 g/mol. The van der Waals surface area contributed by atoms with Gasteiger partial charge in [-0.15, -0.1) is 0 Å². The molecule has 0 spiro atoms. The molecule has 0 aliphatic carbocycles. The lowest BCUT2D eigenvalue weighted by Gasteiger charge is -2.09. The maximum absolute atomic E-state index is 12.5. The molecule has 0 fully saturated rings. The second-order valence-corrected chi connectivity index (χ2v) is 8.23. The van der Waals surface area contributed by atoms with Crippen LogP contribution in [-0.4, -0.2) is 13.0 Å². The number of nitrogens with zero attached hydrogens (tertiary/aromatic N) is 1. The fourth-order valence-electron chi connectivity index (χ4n) is 2.67. The van der Waals surface area contributed by atoms with Crippen molar-refractivity contribution in [1.82, 2.24) is 0 Å². The summed E-state index contributed by atoms with van der Waals surface area (Å²) in [5.41, 5.74) is 2.32. The van der Waals surface area contributed by atoms with Crippen LogP contribution in [0.2, 0.25) is 0 Å². The van der Waals surface area contributed by atoms with Crippen molar-refractivity contribution >= 4 is 49.5 Å². The van der Waals surface area contributed by atoms with Gasteiger partial charge in [-0.1, -0.05) is 34.1 Å². The number of amides is 1. The van der Waals surface area contributed by atoms with Gasteiger partial charge in [-0.25, -0.2) is 0 Å². The molecule has 0 unspecified atom stereocenters. The summed E-state index contributed by atoms with van der Waals surface area (Å²) in [5.74, 6) is 0.862. The third-order valence-corrected chi connectivity index (χ3v) is 5.43. The Morgan fingerprint density at radius 1 is 1.06 bits per heavy atom. The Bertz CT molecular complexity index is 1130. The van der Waals surface area contributed by atoms with Gasteiger partial charge in [0.25, 0.3) is 5.91 Å². The quantitative estimate of drug-likeness (QED) is 0.279. The summed E-state index contributed by atoms with van der Waals surface area (Å²) in [7, 11) is 1.57. The molecule has 0 saturated carbocycles. The van der Waals surface area contributed by atoms with Crippen LogP contribution < -0.4 is 14.8 Å². The number of nitriles is 1. The summed E-state index contributed by atoms with van der Waals surface area (Å²) in [6.07, 6.45) is 1.52. The summed E-state index contributed by atoms with van der Waals surface area (Å²) < 4.78 is 12.7. The van der Waals surface area contributed by atoms with E-state index in [2.05, 4.69) is 37.2 Å². The molecule has 3 rings (SSSR count). The lowest BCUT2D eigenvalue weighted by Crippen LogP contribution is -2.13. The predicted octanol–water partition coefficient (Wildman–Crippen LogP) is 6.34. The maximum Gasteiger partial charge on any atom is 0.266 e. The number of rotatable bonds is 7. The molecule has 0 heterocycles. The Kier molecular flexibility index (Phi) is 7.88. The first-order chi connectivity index (χ1) is 15.0. The molecule has 0 saturated heterocycles. The zero-order valence-corrected chi connectivity index (χ0v) is 19.7. The Morgan fingerprint density at radius 3 is 2.39 bits per heavy atom. The molecule has 0 bridgehead atoms. The molecule has 31 heavy (non-hydrogen) atoms. The second kappa shape index (κ2) is 10.8. The molecule has 0 aliphatic rings. The average Bonchev–Trinajstić information content (AvgIpc) is 2.78. The van der Waals surface area contributed by atoms with Crippen molar-refractivity contribution in [3.05, 3.63) is 92.4 Å². The zero-order chi connectivity index (χ0) is 22.2. The molecule has 1 N–H and O–H groups in total. The van der Waals surface area contributed by atoms with Gasteiger partial charge in [0.05, 0.1) is 11.6 Å². The van der Waals surface area contributed by atoms with Gasteiger partial charge in [-0.3, -0.25) is 4.79 Å². The molecular weight excluding hydrogens is 524 g/mol. The van der Waals surface area contributed by atoms with Gasteiger partial charge in [0.1, 0.15) is 29.7 Å². The highest BCUT2D eigenvalue weighted by Gasteiger charge is 2.10. The minimum Gasteiger partial charge on any atom is -0.496 e. The fraction of sp³-hybridized carbons (Fsp3) is 0.0833. The number of methoxy groups -OCH3 is 1. The van der Waals surface area contributed by atoms with E-state index in [-0.39, 0.29) is 5.57 Å². The standard InChI is InChI=1S/C24H18Br2N2O3/c1-30-23-11-4-17(13-22(23)26)12-18(14-27)24(29)28-20-7-9-21(10-8-20)31-15-16-2-5-19(25)6-3-16/h2-13H,15H2,1H3,(H,28,29)/b18-12+. The number of carbonyl (C=O) groups excluding carboxylic acids is 1. The smallest absolute Gasteiger partial charge is 0.266 e. The highest BCUT2D eigenvalue weighted by Crippen LogP contribution is 2.26. The molecule has 0 aliphatic heterocycles. The van der Waals surface area contributed by atoms with E-state index in [1.54, 1.807) is 49.6 Å². The molecule has 0 radical (unpaired) electrons. The molecule has 1 amide bonds. The number of halogens is 2. The first-order valence-corrected chi connectivity index (χ1v) is 10.8. The minimum absolute atomic E-state index is 0.00682. The van der Waals surface area contributed by atoms with Gasteiger partial charge in [-0.2, -0.15) is 5.26 Å². The van der Waals surface area contributed by atoms with Gasteiger partial charge in [-0.05, 0) is 81.7 Å². The number of benzene rings is 3. The topological polar surface area (TPSA) is 71.3 Å². The van der Waals surface area contributed by atoms with Crippen LogP contribution in [0.3, 0.4) is 0 Å². The largest absolute Gasteiger partial charge is 0.496 e. The Hall–Kier alpha value is -3.08. The van der Waals surface area contributed by atoms with Crippen LogP contribution in [0.4, 0.5) is 5.69 Å². The van der Waals surface area contributed by atoms with Crippen molar-refractivity contribution in [2.45, 2.75) is 6.61 Å². The Balaban J connectivity index is 1.62. The van der Waals surface area contributed by atoms with Crippen LogP contribution in [0.5, 0.6) is 11.5 Å². The molecule has 5 nitrogen and oxygen atoms in total. The molecule has 3 aromatic rings. The van der Waals surface area contributed by atoms with E-state index < -0.39 is 5.91 Å². The van der Waals surface area contributed by atoms with Crippen molar-refractivity contribution < 1.29 is 14.3 Å². The minimum atomic E-state index is -0.488. The number of hydrogen-bond donors (Lipinski definition) is 1. The number of anilines is 1. The molecule has 0 aromatic heterocycles. The summed E-state index contributed by atoms with van der Waals surface area (Å²) >= 11 is 6.80. The van der Waals surface area contributed by atoms with Crippen LogP contribution in [0.1, 0.15) is 11.1 Å². The van der Waals surface area contributed by atoms with E-state index >= 15 is 0 Å². The van der Waals surface area contributed by atoms with Gasteiger partial charge < -0.3 is 14.8 Å². The Labute approximate surface area is 197 Å². The molecule has 7 heteroatoms. The number of nitrogens with one attached hydrogen (secondary N) is 1. The second-order valence-electron chi connectivity index (χ2n) is 6.46. The number of ether oxygens (including phenoxy) is 2. The molecular formula is C24H18Br2N2O3. The zero-order valence-electron chi connectivity index (χ0n) is 16.6. The van der Waals surface area contributed by atoms with Gasteiger partial charge in [0, 0.05) is 10.2 Å². The van der Waals surface area contributed by atoms with Crippen molar-refractivity contribution in [1.29, 1.82) is 5.26 Å². The van der Waals surface area contributed by atoms with E-state index in [9.17, 15) is 10.1 Å². The molecule has 156 valence electrons. The number of carbonyl (C=O) groups is 1. The van der Waals surface area contributed by atoms with Gasteiger partial charge >= 0.3 is 0 Å². The third-order valence-electron chi connectivity index (χ3n) is 4.28. The lowest BCUT2D eigenvalue weighted by atomic mass is 10.1. The lowest BCUT2D eigenvalue weighted by molar-refractivity contribution is -0.112. The SMILES string of the molecule is COc1ccc(/C=C(\C#N)C(=O)Nc2ccc(OCc3ccc(Br)cc3)cc2)cc1Br. The summed E-state index contributed by atoms with van der Waals surface area (Å²) in [4.78, 5) is 12.5. The van der Waals surface area contributed by atoms with E-state index in [1.807, 2.05) is 30.3 Å². The van der Waals surface area contributed by atoms with Crippen LogP contribution in [0.15, 0.2) is 81.2 Å². The maximum atomic E-state index is 12.5. The van der Waals surface area contributed by atoms with Crippen LogP contribution in [0, 0.1) is 11.3 Å². The van der Waals surface area contributed by atoms with Crippen LogP contribution in [0.25, 0.3) is 6.08 Å². The number of hydrogen-bond acceptors (Lipinski definition) is 4.